The van der Waals surface area contributed by atoms with Gasteiger partial charge in [-0.05, 0) is 30.7 Å². The Hall–Kier alpha value is -2.58. The molecule has 1 fully saturated rings. The fraction of sp³-hybridized carbons (Fsp3) is 0.261. The predicted octanol–water partition coefficient (Wildman–Crippen LogP) is 2.73. The zero-order valence-corrected chi connectivity index (χ0v) is 23.9. The summed E-state index contributed by atoms with van der Waals surface area (Å²) < 4.78 is 1.68. The molecule has 200 valence electrons. The number of fused-ring (bicyclic) bond motifs is 1. The van der Waals surface area contributed by atoms with E-state index >= 15 is 0 Å². The van der Waals surface area contributed by atoms with Gasteiger partial charge in [0.25, 0.3) is 5.91 Å². The third kappa shape index (κ3) is 6.01. The molecule has 2 atom stereocenters. The van der Waals surface area contributed by atoms with E-state index < -0.39 is 23.3 Å². The molecule has 0 spiro atoms. The number of carbonyl (C=O) groups excluding carboxylic acids is 2. The lowest BCUT2D eigenvalue weighted by Crippen LogP contribution is -2.70. The second-order valence-corrected chi connectivity index (χ2v) is 12.1. The smallest absolute Gasteiger partial charge is 0.352 e. The molecule has 2 amide bonds. The van der Waals surface area contributed by atoms with Crippen LogP contribution in [0.4, 0.5) is 11.6 Å². The number of aromatic nitrogens is 2. The minimum atomic E-state index is -1.20. The number of aliphatic carboxylic acids is 1. The number of halogens is 2. The Morgan fingerprint density at radius 3 is 2.87 bits per heavy atom. The van der Waals surface area contributed by atoms with Gasteiger partial charge in [-0.1, -0.05) is 40.3 Å². The summed E-state index contributed by atoms with van der Waals surface area (Å²) in [7, 11) is 0. The van der Waals surface area contributed by atoms with Gasteiger partial charge >= 0.3 is 5.97 Å². The van der Waals surface area contributed by atoms with Crippen LogP contribution in [0.2, 0.25) is 10.0 Å². The van der Waals surface area contributed by atoms with Crippen molar-refractivity contribution in [3.8, 4) is 0 Å². The number of hydrogen-bond acceptors (Lipinski definition) is 9. The highest BCUT2D eigenvalue weighted by molar-refractivity contribution is 8.00. The molecule has 3 heterocycles. The van der Waals surface area contributed by atoms with Gasteiger partial charge < -0.3 is 21.9 Å². The number of rotatable bonds is 9. The molecule has 1 saturated heterocycles. The third-order valence-electron chi connectivity index (χ3n) is 5.71. The number of amides is 2. The number of nitrogens with two attached hydrogens (primary N) is 2. The van der Waals surface area contributed by atoms with Crippen molar-refractivity contribution in [1.82, 2.24) is 15.2 Å². The van der Waals surface area contributed by atoms with Gasteiger partial charge in [0.1, 0.15) is 17.1 Å². The van der Waals surface area contributed by atoms with E-state index in [0.717, 1.165) is 0 Å². The average Bonchev–Trinajstić information content (AvgIpc) is 2.89. The number of benzene rings is 1. The van der Waals surface area contributed by atoms with E-state index in [1.165, 1.54) is 46.7 Å². The van der Waals surface area contributed by atoms with Crippen LogP contribution in [0.25, 0.3) is 0 Å². The first-order valence-corrected chi connectivity index (χ1v) is 14.8. The summed E-state index contributed by atoms with van der Waals surface area (Å²) in [6.07, 6.45) is 5.01. The van der Waals surface area contributed by atoms with E-state index in [1.807, 2.05) is 0 Å². The molecule has 6 N–H and O–H groups in total. The van der Waals surface area contributed by atoms with E-state index in [4.69, 9.17) is 34.7 Å². The number of hydrogen-bond donors (Lipinski definition) is 4. The Morgan fingerprint density at radius 1 is 1.37 bits per heavy atom. The zero-order chi connectivity index (χ0) is 27.6. The van der Waals surface area contributed by atoms with Crippen LogP contribution in [0.3, 0.4) is 0 Å². The van der Waals surface area contributed by atoms with Gasteiger partial charge in [-0.3, -0.25) is 14.5 Å². The fourth-order valence-electron chi connectivity index (χ4n) is 3.70. The SMILES string of the molecule is Cc1c(N)nc[n+](SC/C=C/C2=C(C(=O)O)N3C(=O)[C@@H](NC(=O)CSc4cc(Cl)ccc4Cl)C3SC2)c1N. The summed E-state index contributed by atoms with van der Waals surface area (Å²) in [5, 5.41) is 13.0. The van der Waals surface area contributed by atoms with Crippen molar-refractivity contribution in [3.63, 3.8) is 0 Å². The molecule has 1 aromatic carbocycles. The first-order chi connectivity index (χ1) is 18.1. The maximum absolute atomic E-state index is 12.9. The van der Waals surface area contributed by atoms with E-state index in [1.54, 1.807) is 41.2 Å². The standard InChI is InChI=1S/C23H22Cl2N6O4S3/c1-11-19(26)28-10-30(20(11)27)38-6-2-3-12-8-37-22-17(21(33)31(22)18(12)23(34)35)29-16(32)9-36-15-7-13(24)4-5-14(15)25/h2-5,7,10,17,22H,6,8-9H2,1H3,(H5,26,27,29,32,34,35)/p+1/b3-2+/t17-,22?/m1/s1. The number of nitrogens with zero attached hydrogens (tertiary/aromatic N) is 3. The Kier molecular flexibility index (Phi) is 9.04. The molecule has 1 unspecified atom stereocenters. The van der Waals surface area contributed by atoms with Crippen molar-refractivity contribution in [2.45, 2.75) is 23.2 Å². The molecule has 0 saturated carbocycles. The van der Waals surface area contributed by atoms with Gasteiger partial charge in [0, 0.05) is 33.4 Å². The number of carboxylic acids is 1. The Balaban J connectivity index is 1.37. The lowest BCUT2D eigenvalue weighted by Gasteiger charge is -2.49. The van der Waals surface area contributed by atoms with E-state index in [9.17, 15) is 19.5 Å². The Morgan fingerprint density at radius 2 is 2.13 bits per heavy atom. The van der Waals surface area contributed by atoms with Gasteiger partial charge in [0.2, 0.25) is 23.9 Å². The molecule has 10 nitrogen and oxygen atoms in total. The Labute approximate surface area is 241 Å². The highest BCUT2D eigenvalue weighted by Gasteiger charge is 2.53. The maximum atomic E-state index is 12.9. The van der Waals surface area contributed by atoms with Crippen LogP contribution >= 0.6 is 58.7 Å². The van der Waals surface area contributed by atoms with Gasteiger partial charge in [-0.25, -0.2) is 4.79 Å². The lowest BCUT2D eigenvalue weighted by molar-refractivity contribution is -0.481. The van der Waals surface area contributed by atoms with Crippen LogP contribution in [0.5, 0.6) is 0 Å². The second kappa shape index (κ2) is 12.1. The van der Waals surface area contributed by atoms with Crippen molar-refractivity contribution in [2.75, 3.05) is 28.7 Å². The number of carbonyl (C=O) groups is 3. The van der Waals surface area contributed by atoms with Gasteiger partial charge in [0.15, 0.2) is 0 Å². The lowest BCUT2D eigenvalue weighted by atomic mass is 10.0. The number of anilines is 2. The molecule has 38 heavy (non-hydrogen) atoms. The molecule has 2 aliphatic heterocycles. The van der Waals surface area contributed by atoms with Crippen LogP contribution in [-0.4, -0.2) is 61.4 Å². The summed E-state index contributed by atoms with van der Waals surface area (Å²) in [5.74, 6) is -0.324. The molecular weight excluding hydrogens is 591 g/mol. The average molecular weight is 615 g/mol. The number of nitrogens with one attached hydrogen (secondary N) is 1. The summed E-state index contributed by atoms with van der Waals surface area (Å²) in [6, 6.07) is 4.15. The summed E-state index contributed by atoms with van der Waals surface area (Å²) >= 11 is 16.1. The first-order valence-electron chi connectivity index (χ1n) is 11.1. The number of thioether (sulfide) groups is 2. The number of nitrogen functional groups attached to an aromatic ring is 2. The predicted molar refractivity (Wildman–Crippen MR) is 152 cm³/mol. The molecule has 15 heteroatoms. The van der Waals surface area contributed by atoms with Crippen molar-refractivity contribution in [2.24, 2.45) is 0 Å². The van der Waals surface area contributed by atoms with E-state index in [2.05, 4.69) is 10.3 Å². The summed E-state index contributed by atoms with van der Waals surface area (Å²) in [4.78, 5) is 43.4. The zero-order valence-electron chi connectivity index (χ0n) is 19.9. The molecule has 0 aliphatic carbocycles. The third-order valence-corrected chi connectivity index (χ3v) is 9.65. The van der Waals surface area contributed by atoms with Crippen LogP contribution in [0.1, 0.15) is 5.56 Å². The first kappa shape index (κ1) is 28.4. The highest BCUT2D eigenvalue weighted by Crippen LogP contribution is 2.41. The van der Waals surface area contributed by atoms with Gasteiger partial charge in [-0.15, -0.1) is 23.5 Å². The van der Waals surface area contributed by atoms with Crippen LogP contribution in [0.15, 0.2) is 52.8 Å². The van der Waals surface area contributed by atoms with Crippen molar-refractivity contribution < 1.29 is 23.5 Å². The number of allylic oxidation sites excluding steroid dienone is 1. The van der Waals surface area contributed by atoms with Crippen molar-refractivity contribution >= 4 is 88.1 Å². The number of β-lactam (4-membered cyclic amide) rings is 1. The summed E-state index contributed by atoms with van der Waals surface area (Å²) in [5.41, 5.74) is 12.9. The molecule has 1 aromatic heterocycles. The fourth-order valence-corrected chi connectivity index (χ4v) is 7.06. The van der Waals surface area contributed by atoms with Crippen LogP contribution in [0, 0.1) is 6.92 Å². The quantitative estimate of drug-likeness (QED) is 0.188. The highest BCUT2D eigenvalue weighted by atomic mass is 35.5. The maximum Gasteiger partial charge on any atom is 0.352 e. The van der Waals surface area contributed by atoms with Crippen LogP contribution in [-0.2, 0) is 14.4 Å². The van der Waals surface area contributed by atoms with E-state index in [-0.39, 0.29) is 17.4 Å². The largest absolute Gasteiger partial charge is 0.477 e. The summed E-state index contributed by atoms with van der Waals surface area (Å²) in [6.45, 7) is 1.78. The minimum Gasteiger partial charge on any atom is -0.477 e. The topological polar surface area (TPSA) is 156 Å². The Bertz CT molecular complexity index is 1370. The van der Waals surface area contributed by atoms with E-state index in [0.29, 0.717) is 49.2 Å². The molecular formula is C23H23Cl2N6O4S3+. The monoisotopic (exact) mass is 613 g/mol. The molecule has 2 aliphatic rings. The van der Waals surface area contributed by atoms with Crippen molar-refractivity contribution in [1.29, 1.82) is 0 Å². The minimum absolute atomic E-state index is 0.0279. The van der Waals surface area contributed by atoms with Crippen molar-refractivity contribution in [3.05, 3.63) is 63.6 Å². The molecule has 4 rings (SSSR count). The van der Waals surface area contributed by atoms with Gasteiger partial charge in [-0.2, -0.15) is 3.97 Å². The van der Waals surface area contributed by atoms with Crippen LogP contribution < -0.4 is 20.8 Å². The molecule has 0 bridgehead atoms. The second-order valence-electron chi connectivity index (χ2n) is 8.16. The molecule has 0 radical (unpaired) electrons. The normalized spacial score (nSPS) is 18.9. The molecule has 2 aromatic rings. The number of carboxylic acid groups (broad SMARTS) is 1. The van der Waals surface area contributed by atoms with Gasteiger partial charge in [0.05, 0.1) is 16.3 Å².